The Morgan fingerprint density at radius 3 is 2.60 bits per heavy atom. The van der Waals surface area contributed by atoms with E-state index in [4.69, 9.17) is 14.6 Å². The molecule has 0 saturated carbocycles. The van der Waals surface area contributed by atoms with Gasteiger partial charge in [0.25, 0.3) is 0 Å². The van der Waals surface area contributed by atoms with Crippen LogP contribution < -0.4 is 0 Å². The minimum atomic E-state index is -1.25. The molecular weight excluding hydrogens is 200 g/mol. The van der Waals surface area contributed by atoms with Crippen LogP contribution in [0, 0.1) is 5.92 Å². The molecule has 0 aromatic heterocycles. The zero-order valence-electron chi connectivity index (χ0n) is 9.38. The third-order valence-corrected chi connectivity index (χ3v) is 2.42. The molecule has 0 aromatic carbocycles. The quantitative estimate of drug-likeness (QED) is 0.573. The zero-order valence-corrected chi connectivity index (χ0v) is 9.38. The van der Waals surface area contributed by atoms with E-state index >= 15 is 0 Å². The highest BCUT2D eigenvalue weighted by Crippen LogP contribution is 2.30. The Labute approximate surface area is 89.6 Å². The van der Waals surface area contributed by atoms with Crippen molar-refractivity contribution in [1.82, 2.24) is 0 Å². The van der Waals surface area contributed by atoms with E-state index in [-0.39, 0.29) is 12.5 Å². The van der Waals surface area contributed by atoms with Crippen molar-refractivity contribution in [2.45, 2.75) is 51.5 Å². The van der Waals surface area contributed by atoms with Gasteiger partial charge in [0.15, 0.2) is 12.1 Å². The number of aliphatic hydroxyl groups is 3. The fraction of sp³-hybridized carbons (Fsp3) is 1.00. The molecule has 1 aliphatic rings. The van der Waals surface area contributed by atoms with Crippen LogP contribution in [0.25, 0.3) is 0 Å². The van der Waals surface area contributed by atoms with E-state index in [0.29, 0.717) is 6.42 Å². The molecule has 0 aromatic rings. The lowest BCUT2D eigenvalue weighted by atomic mass is 10.00. The second-order valence-electron chi connectivity index (χ2n) is 4.56. The van der Waals surface area contributed by atoms with Gasteiger partial charge in [0.2, 0.25) is 0 Å². The molecule has 1 unspecified atom stereocenters. The van der Waals surface area contributed by atoms with Crippen molar-refractivity contribution in [2.24, 2.45) is 5.92 Å². The van der Waals surface area contributed by atoms with Crippen LogP contribution in [0.15, 0.2) is 0 Å². The number of rotatable bonds is 4. The normalized spacial score (nSPS) is 34.4. The van der Waals surface area contributed by atoms with E-state index in [9.17, 15) is 10.2 Å². The highest BCUT2D eigenvalue weighted by atomic mass is 16.7. The van der Waals surface area contributed by atoms with Gasteiger partial charge < -0.3 is 24.8 Å². The third-order valence-electron chi connectivity index (χ3n) is 2.42. The van der Waals surface area contributed by atoms with Crippen LogP contribution in [0.1, 0.15) is 27.2 Å². The topological polar surface area (TPSA) is 79.2 Å². The van der Waals surface area contributed by atoms with Crippen LogP contribution in [0.5, 0.6) is 0 Å². The highest BCUT2D eigenvalue weighted by molar-refractivity contribution is 4.81. The summed E-state index contributed by atoms with van der Waals surface area (Å²) in [5.74, 6) is -1.15. The SMILES string of the molecule is C[C@@H]1C[C@@H](OC(C)(C)O)O[C@@H]1C(O)CO. The average molecular weight is 220 g/mol. The molecule has 0 spiro atoms. The van der Waals surface area contributed by atoms with Gasteiger partial charge in [-0.3, -0.25) is 0 Å². The Hall–Kier alpha value is -0.200. The Balaban J connectivity index is 2.48. The number of ether oxygens (including phenoxy) is 2. The maximum absolute atomic E-state index is 9.45. The Bertz CT molecular complexity index is 200. The molecule has 0 radical (unpaired) electrons. The lowest BCUT2D eigenvalue weighted by molar-refractivity contribution is -0.273. The highest BCUT2D eigenvalue weighted by Gasteiger charge is 2.39. The molecule has 4 atom stereocenters. The van der Waals surface area contributed by atoms with E-state index in [1.165, 1.54) is 13.8 Å². The molecule has 1 saturated heterocycles. The molecule has 5 nitrogen and oxygen atoms in total. The van der Waals surface area contributed by atoms with Crippen molar-refractivity contribution >= 4 is 0 Å². The molecule has 15 heavy (non-hydrogen) atoms. The molecule has 1 aliphatic heterocycles. The summed E-state index contributed by atoms with van der Waals surface area (Å²) >= 11 is 0. The Morgan fingerprint density at radius 2 is 2.13 bits per heavy atom. The molecule has 0 amide bonds. The summed E-state index contributed by atoms with van der Waals surface area (Å²) in [6, 6.07) is 0. The van der Waals surface area contributed by atoms with Crippen LogP contribution in [-0.4, -0.2) is 46.2 Å². The van der Waals surface area contributed by atoms with E-state index in [0.717, 1.165) is 0 Å². The molecule has 90 valence electrons. The van der Waals surface area contributed by atoms with E-state index in [1.807, 2.05) is 6.92 Å². The fourth-order valence-corrected chi connectivity index (χ4v) is 1.77. The number of hydrogen-bond acceptors (Lipinski definition) is 5. The summed E-state index contributed by atoms with van der Waals surface area (Å²) < 4.78 is 10.6. The maximum Gasteiger partial charge on any atom is 0.162 e. The smallest absolute Gasteiger partial charge is 0.162 e. The predicted octanol–water partition coefficient (Wildman–Crippen LogP) is -0.164. The van der Waals surface area contributed by atoms with E-state index < -0.39 is 24.3 Å². The van der Waals surface area contributed by atoms with Gasteiger partial charge in [-0.1, -0.05) is 6.92 Å². The van der Waals surface area contributed by atoms with Gasteiger partial charge in [-0.25, -0.2) is 0 Å². The first-order chi connectivity index (χ1) is 6.83. The van der Waals surface area contributed by atoms with Crippen LogP contribution in [0.3, 0.4) is 0 Å². The summed E-state index contributed by atoms with van der Waals surface area (Å²) in [6.45, 7) is 4.63. The van der Waals surface area contributed by atoms with Crippen molar-refractivity contribution in [1.29, 1.82) is 0 Å². The van der Waals surface area contributed by atoms with Crippen molar-refractivity contribution < 1.29 is 24.8 Å². The van der Waals surface area contributed by atoms with E-state index in [1.54, 1.807) is 0 Å². The lowest BCUT2D eigenvalue weighted by Crippen LogP contribution is -2.35. The van der Waals surface area contributed by atoms with Crippen LogP contribution >= 0.6 is 0 Å². The maximum atomic E-state index is 9.45. The summed E-state index contributed by atoms with van der Waals surface area (Å²) in [5.41, 5.74) is 0. The second kappa shape index (κ2) is 4.76. The Morgan fingerprint density at radius 1 is 1.53 bits per heavy atom. The molecule has 1 fully saturated rings. The first-order valence-corrected chi connectivity index (χ1v) is 5.18. The van der Waals surface area contributed by atoms with Gasteiger partial charge in [0.1, 0.15) is 6.10 Å². The standard InChI is InChI=1S/C10H20O5/c1-6-4-8(15-10(2,3)13)14-9(6)7(12)5-11/h6-9,11-13H,4-5H2,1-3H3/t6-,7?,8-,9+/m1/s1. The molecule has 0 bridgehead atoms. The van der Waals surface area contributed by atoms with Gasteiger partial charge in [0.05, 0.1) is 12.7 Å². The first-order valence-electron chi connectivity index (χ1n) is 5.18. The summed E-state index contributed by atoms with van der Waals surface area (Å²) in [7, 11) is 0. The largest absolute Gasteiger partial charge is 0.394 e. The lowest BCUT2D eigenvalue weighted by Gasteiger charge is -2.24. The van der Waals surface area contributed by atoms with Gasteiger partial charge in [-0.15, -0.1) is 0 Å². The minimum Gasteiger partial charge on any atom is -0.394 e. The summed E-state index contributed by atoms with van der Waals surface area (Å²) in [6.07, 6.45) is -1.24. The second-order valence-corrected chi connectivity index (χ2v) is 4.56. The van der Waals surface area contributed by atoms with Crippen molar-refractivity contribution in [3.8, 4) is 0 Å². The average Bonchev–Trinajstić information content (AvgIpc) is 2.42. The summed E-state index contributed by atoms with van der Waals surface area (Å²) in [4.78, 5) is 0. The van der Waals surface area contributed by atoms with Crippen molar-refractivity contribution in [3.05, 3.63) is 0 Å². The molecule has 5 heteroatoms. The molecule has 1 rings (SSSR count). The van der Waals surface area contributed by atoms with Gasteiger partial charge in [-0.05, 0) is 19.8 Å². The zero-order chi connectivity index (χ0) is 11.6. The third kappa shape index (κ3) is 3.70. The Kier molecular flexibility index (Phi) is 4.08. The fourth-order valence-electron chi connectivity index (χ4n) is 1.77. The number of hydrogen-bond donors (Lipinski definition) is 3. The van der Waals surface area contributed by atoms with Crippen LogP contribution in [0.4, 0.5) is 0 Å². The molecule has 1 heterocycles. The molecular formula is C10H20O5. The molecule has 3 N–H and O–H groups in total. The van der Waals surface area contributed by atoms with Crippen LogP contribution in [-0.2, 0) is 9.47 Å². The van der Waals surface area contributed by atoms with Gasteiger partial charge in [0, 0.05) is 6.42 Å². The van der Waals surface area contributed by atoms with Gasteiger partial charge in [-0.2, -0.15) is 0 Å². The predicted molar refractivity (Wildman–Crippen MR) is 52.9 cm³/mol. The van der Waals surface area contributed by atoms with Gasteiger partial charge >= 0.3 is 0 Å². The first kappa shape index (κ1) is 12.9. The monoisotopic (exact) mass is 220 g/mol. The minimum absolute atomic E-state index is 0.0968. The summed E-state index contributed by atoms with van der Waals surface area (Å²) in [5, 5.41) is 27.7. The van der Waals surface area contributed by atoms with Crippen molar-refractivity contribution in [2.75, 3.05) is 6.61 Å². The van der Waals surface area contributed by atoms with Crippen LogP contribution in [0.2, 0.25) is 0 Å². The van der Waals surface area contributed by atoms with E-state index in [2.05, 4.69) is 0 Å². The molecule has 0 aliphatic carbocycles. The van der Waals surface area contributed by atoms with Crippen molar-refractivity contribution in [3.63, 3.8) is 0 Å². The number of aliphatic hydroxyl groups excluding tert-OH is 2.